The van der Waals surface area contributed by atoms with Crippen LogP contribution in [-0.4, -0.2) is 47.3 Å². The molecule has 2 rings (SSSR count). The maximum Gasteiger partial charge on any atom is 2.00 e. The van der Waals surface area contributed by atoms with Crippen molar-refractivity contribution >= 4 is 0 Å². The van der Waals surface area contributed by atoms with Gasteiger partial charge in [0.2, 0.25) is 0 Å². The first-order chi connectivity index (χ1) is 8.71. The zero-order valence-electron chi connectivity index (χ0n) is 12.9. The molecule has 1 heterocycles. The van der Waals surface area contributed by atoms with Crippen LogP contribution in [0.25, 0.3) is 0 Å². The van der Waals surface area contributed by atoms with Gasteiger partial charge in [-0.3, -0.25) is 0 Å². The van der Waals surface area contributed by atoms with Crippen molar-refractivity contribution in [1.29, 1.82) is 0 Å². The third kappa shape index (κ3) is 27.7. The molecular formula is C14H32O4Ti. The Kier molecular flexibility index (Phi) is 39.5. The van der Waals surface area contributed by atoms with E-state index < -0.39 is 0 Å². The largest absolute Gasteiger partial charge is 2.00 e. The minimum absolute atomic E-state index is 0. The fourth-order valence-corrected chi connectivity index (χ4v) is 1.20. The van der Waals surface area contributed by atoms with E-state index in [9.17, 15) is 0 Å². The van der Waals surface area contributed by atoms with E-state index in [0.717, 1.165) is 0 Å². The molecule has 1 aliphatic heterocycles. The van der Waals surface area contributed by atoms with Crippen molar-refractivity contribution in [3.8, 4) is 0 Å². The fourth-order valence-electron chi connectivity index (χ4n) is 1.20. The maximum absolute atomic E-state index is 7.57. The summed E-state index contributed by atoms with van der Waals surface area (Å²) in [5.41, 5.74) is 0. The van der Waals surface area contributed by atoms with Gasteiger partial charge in [-0.2, -0.15) is 13.3 Å². The molecule has 116 valence electrons. The summed E-state index contributed by atoms with van der Waals surface area (Å²) < 4.78 is 5.25. The predicted octanol–water partition coefficient (Wildman–Crippen LogP) is 1.98. The average Bonchev–Trinajstić information content (AvgIpc) is 3.13. The van der Waals surface area contributed by atoms with E-state index in [2.05, 4.69) is 13.3 Å². The van der Waals surface area contributed by atoms with Gasteiger partial charge in [-0.1, -0.05) is 6.42 Å². The van der Waals surface area contributed by atoms with Crippen LogP contribution in [0.3, 0.4) is 0 Å². The molecule has 0 amide bonds. The number of epoxide rings is 1. The van der Waals surface area contributed by atoms with Crippen molar-refractivity contribution in [3.63, 3.8) is 0 Å². The van der Waals surface area contributed by atoms with E-state index in [1.54, 1.807) is 27.7 Å². The molecule has 2 fully saturated rings. The molecule has 0 spiro atoms. The van der Waals surface area contributed by atoms with Gasteiger partial charge in [0, 0.05) is 19.8 Å². The zero-order chi connectivity index (χ0) is 14.8. The number of fused-ring (bicyclic) bond motifs is 1. The third-order valence-electron chi connectivity index (χ3n) is 1.74. The third-order valence-corrected chi connectivity index (χ3v) is 1.74. The van der Waals surface area contributed by atoms with Gasteiger partial charge < -0.3 is 33.4 Å². The number of rotatable bonds is 0. The first-order valence-electron chi connectivity index (χ1n) is 6.71. The van der Waals surface area contributed by atoms with Gasteiger partial charge in [0.1, 0.15) is 0 Å². The number of ether oxygens (including phenoxy) is 1. The molecule has 5 heteroatoms. The van der Waals surface area contributed by atoms with Crippen LogP contribution in [0.15, 0.2) is 0 Å². The SMILES string of the molecule is CCO.CCO.CCO.[CH-]1CCC2OC2C1.[CH2-]C.[Ti+2]. The van der Waals surface area contributed by atoms with Crippen molar-refractivity contribution in [3.05, 3.63) is 13.3 Å². The summed E-state index contributed by atoms with van der Waals surface area (Å²) in [4.78, 5) is 0. The Bertz CT molecular complexity index is 111. The normalized spacial score (nSPS) is 20.8. The zero-order valence-corrected chi connectivity index (χ0v) is 14.5. The summed E-state index contributed by atoms with van der Waals surface area (Å²) in [6.07, 6.45) is 7.42. The molecule has 0 bridgehead atoms. The number of hydrogen-bond acceptors (Lipinski definition) is 4. The van der Waals surface area contributed by atoms with E-state index >= 15 is 0 Å². The molecule has 1 saturated heterocycles. The van der Waals surface area contributed by atoms with E-state index in [0.29, 0.717) is 12.2 Å². The Morgan fingerprint density at radius 2 is 1.37 bits per heavy atom. The van der Waals surface area contributed by atoms with Crippen molar-refractivity contribution in [2.75, 3.05) is 19.8 Å². The molecule has 0 aromatic heterocycles. The van der Waals surface area contributed by atoms with Gasteiger partial charge in [-0.25, -0.2) is 0 Å². The second-order valence-corrected chi connectivity index (χ2v) is 3.26. The van der Waals surface area contributed by atoms with Gasteiger partial charge >= 0.3 is 21.7 Å². The Hall–Kier alpha value is 0.554. The summed E-state index contributed by atoms with van der Waals surface area (Å²) in [7, 11) is 0. The van der Waals surface area contributed by atoms with E-state index in [4.69, 9.17) is 20.1 Å². The topological polar surface area (TPSA) is 73.2 Å². The molecule has 0 radical (unpaired) electrons. The molecule has 2 unspecified atom stereocenters. The summed E-state index contributed by atoms with van der Waals surface area (Å²) >= 11 is 0. The van der Waals surface area contributed by atoms with Gasteiger partial charge in [0.15, 0.2) is 0 Å². The Morgan fingerprint density at radius 3 is 1.58 bits per heavy atom. The molecular weight excluding hydrogens is 280 g/mol. The first kappa shape index (κ1) is 27.8. The van der Waals surface area contributed by atoms with Crippen LogP contribution < -0.4 is 0 Å². The molecule has 4 nitrogen and oxygen atoms in total. The average molecular weight is 312 g/mol. The predicted molar refractivity (Wildman–Crippen MR) is 76.1 cm³/mol. The van der Waals surface area contributed by atoms with Gasteiger partial charge in [0.05, 0.1) is 12.2 Å². The Morgan fingerprint density at radius 1 is 1.00 bits per heavy atom. The van der Waals surface area contributed by atoms with Crippen molar-refractivity contribution in [1.82, 2.24) is 0 Å². The van der Waals surface area contributed by atoms with Crippen LogP contribution in [0.2, 0.25) is 0 Å². The first-order valence-corrected chi connectivity index (χ1v) is 6.71. The number of aliphatic hydroxyl groups is 3. The molecule has 19 heavy (non-hydrogen) atoms. The second-order valence-electron chi connectivity index (χ2n) is 3.26. The molecule has 0 aromatic rings. The maximum atomic E-state index is 7.57. The summed E-state index contributed by atoms with van der Waals surface area (Å²) in [6.45, 7) is 10.8. The van der Waals surface area contributed by atoms with Crippen LogP contribution in [0.5, 0.6) is 0 Å². The van der Waals surface area contributed by atoms with Crippen molar-refractivity contribution < 1.29 is 41.8 Å². The van der Waals surface area contributed by atoms with Gasteiger partial charge in [0.25, 0.3) is 0 Å². The van der Waals surface area contributed by atoms with E-state index in [1.807, 2.05) is 0 Å². The standard InChI is InChI=1S/C6H9O.3C2H6O.C2H5.Ti/c1-2-4-6-5(3-1)7-6;3*1-2-3;1-2;/h1,5-6H,2-4H2;3*3H,2H2,1H3;1H2,2H3;/q-1;;;;-1;+2. The second kappa shape index (κ2) is 27.0. The van der Waals surface area contributed by atoms with Crippen LogP contribution in [0.4, 0.5) is 0 Å². The summed E-state index contributed by atoms with van der Waals surface area (Å²) in [5, 5.41) is 22.7. The quantitative estimate of drug-likeness (QED) is 0.363. The van der Waals surface area contributed by atoms with Crippen LogP contribution in [-0.2, 0) is 26.5 Å². The smallest absolute Gasteiger partial charge is 0.397 e. The number of hydrogen-bond donors (Lipinski definition) is 3. The summed E-state index contributed by atoms with van der Waals surface area (Å²) in [6, 6.07) is 0. The molecule has 1 aliphatic carbocycles. The Balaban J connectivity index is -0.0000000825. The van der Waals surface area contributed by atoms with Gasteiger partial charge in [-0.15, -0.1) is 6.42 Å². The fraction of sp³-hybridized carbons (Fsp3) is 0.857. The molecule has 2 atom stereocenters. The van der Waals surface area contributed by atoms with Crippen LogP contribution >= 0.6 is 0 Å². The minimum atomic E-state index is 0. The minimum Gasteiger partial charge on any atom is -0.397 e. The molecule has 3 N–H and O–H groups in total. The summed E-state index contributed by atoms with van der Waals surface area (Å²) in [5.74, 6) is 0. The van der Waals surface area contributed by atoms with Crippen LogP contribution in [0, 0.1) is 13.3 Å². The molecule has 1 saturated carbocycles. The number of aliphatic hydroxyl groups excluding tert-OH is 3. The van der Waals surface area contributed by atoms with E-state index in [1.165, 1.54) is 19.3 Å². The van der Waals surface area contributed by atoms with Crippen molar-refractivity contribution in [2.45, 2.75) is 59.2 Å². The van der Waals surface area contributed by atoms with E-state index in [-0.39, 0.29) is 41.5 Å². The molecule has 2 aliphatic rings. The van der Waals surface area contributed by atoms with Gasteiger partial charge in [-0.05, 0) is 20.8 Å². The van der Waals surface area contributed by atoms with Crippen LogP contribution in [0.1, 0.15) is 47.0 Å². The van der Waals surface area contributed by atoms with Crippen molar-refractivity contribution in [2.24, 2.45) is 0 Å². The Labute approximate surface area is 134 Å². The molecule has 0 aromatic carbocycles. The monoisotopic (exact) mass is 312 g/mol.